The monoisotopic (exact) mass is 374 g/mol. The Morgan fingerprint density at radius 1 is 1.27 bits per heavy atom. The van der Waals surface area contributed by atoms with E-state index in [4.69, 9.17) is 11.6 Å². The van der Waals surface area contributed by atoms with Crippen molar-refractivity contribution in [2.45, 2.75) is 18.9 Å². The maximum Gasteiger partial charge on any atom is 0.321 e. The Morgan fingerprint density at radius 2 is 2.00 bits per heavy atom. The smallest absolute Gasteiger partial charge is 0.321 e. The number of carbonyl (C=O) groups is 1. The lowest BCUT2D eigenvalue weighted by atomic mass is 9.91. The highest BCUT2D eigenvalue weighted by atomic mass is 35.5. The standard InChI is InChI=1S/C18H23ClN6O/c1-23(2)17-12-3-4-13(17)9-24(8-12)18(26)22-14-5-6-16(15(19)7-14)25-11-20-10-21-25/h5-7,10-13,17H,3-4,8-9H2,1-2H3,(H,22,26)/t12-,13+,17?. The van der Waals surface area contributed by atoms with Crippen molar-refractivity contribution in [2.24, 2.45) is 11.8 Å². The van der Waals surface area contributed by atoms with Crippen LogP contribution in [-0.4, -0.2) is 63.8 Å². The Kier molecular flexibility index (Phi) is 4.58. The van der Waals surface area contributed by atoms with Crippen LogP contribution >= 0.6 is 11.6 Å². The van der Waals surface area contributed by atoms with Gasteiger partial charge < -0.3 is 15.1 Å². The number of likely N-dealkylation sites (tertiary alicyclic amines) is 1. The minimum absolute atomic E-state index is 0.0521. The number of nitrogens with zero attached hydrogens (tertiary/aromatic N) is 5. The predicted molar refractivity (Wildman–Crippen MR) is 101 cm³/mol. The van der Waals surface area contributed by atoms with Crippen LogP contribution in [0.5, 0.6) is 0 Å². The molecule has 2 aromatic rings. The topological polar surface area (TPSA) is 66.3 Å². The SMILES string of the molecule is CN(C)C1[C@@H]2CC[C@H]1CN(C(=O)Nc1ccc(-n3cncn3)c(Cl)c1)C2. The molecule has 1 aromatic heterocycles. The van der Waals surface area contributed by atoms with Gasteiger partial charge in [-0.05, 0) is 57.0 Å². The maximum atomic E-state index is 12.7. The van der Waals surface area contributed by atoms with Gasteiger partial charge in [0, 0.05) is 24.8 Å². The Balaban J connectivity index is 1.44. The molecule has 3 atom stereocenters. The molecule has 7 nitrogen and oxygen atoms in total. The van der Waals surface area contributed by atoms with Crippen molar-refractivity contribution in [1.29, 1.82) is 0 Å². The van der Waals surface area contributed by atoms with Crippen molar-refractivity contribution < 1.29 is 4.79 Å². The number of anilines is 1. The van der Waals surface area contributed by atoms with E-state index < -0.39 is 0 Å². The van der Waals surface area contributed by atoms with Crippen LogP contribution in [0.3, 0.4) is 0 Å². The lowest BCUT2D eigenvalue weighted by Crippen LogP contribution is -2.53. The molecule has 8 heteroatoms. The molecule has 0 radical (unpaired) electrons. The van der Waals surface area contributed by atoms with Gasteiger partial charge in [0.15, 0.2) is 0 Å². The number of urea groups is 1. The third-order valence-electron chi connectivity index (χ3n) is 5.53. The fourth-order valence-electron chi connectivity index (χ4n) is 4.51. The molecule has 2 amide bonds. The van der Waals surface area contributed by atoms with Crippen molar-refractivity contribution in [3.63, 3.8) is 0 Å². The van der Waals surface area contributed by atoms with E-state index in [0.717, 1.165) is 18.8 Å². The molecule has 1 saturated heterocycles. The van der Waals surface area contributed by atoms with Gasteiger partial charge in [-0.2, -0.15) is 5.10 Å². The molecule has 138 valence electrons. The number of hydrogen-bond acceptors (Lipinski definition) is 4. The zero-order valence-corrected chi connectivity index (χ0v) is 15.7. The summed E-state index contributed by atoms with van der Waals surface area (Å²) in [6.45, 7) is 1.63. The molecule has 2 aliphatic rings. The second-order valence-electron chi connectivity index (χ2n) is 7.39. The minimum Gasteiger partial charge on any atom is -0.324 e. The van der Waals surface area contributed by atoms with Crippen LogP contribution in [0.4, 0.5) is 10.5 Å². The number of fused-ring (bicyclic) bond motifs is 2. The Labute approximate surface area is 157 Å². The van der Waals surface area contributed by atoms with Crippen molar-refractivity contribution in [2.75, 3.05) is 32.5 Å². The van der Waals surface area contributed by atoms with Crippen molar-refractivity contribution in [3.05, 3.63) is 35.9 Å². The molecule has 1 N–H and O–H groups in total. The second-order valence-corrected chi connectivity index (χ2v) is 7.80. The van der Waals surface area contributed by atoms with E-state index in [1.54, 1.807) is 17.1 Å². The summed E-state index contributed by atoms with van der Waals surface area (Å²) in [5.74, 6) is 1.13. The third-order valence-corrected chi connectivity index (χ3v) is 5.83. The highest BCUT2D eigenvalue weighted by Gasteiger charge is 2.44. The van der Waals surface area contributed by atoms with Crippen LogP contribution in [0.2, 0.25) is 5.02 Å². The van der Waals surface area contributed by atoms with Gasteiger partial charge >= 0.3 is 6.03 Å². The quantitative estimate of drug-likeness (QED) is 0.897. The zero-order chi connectivity index (χ0) is 18.3. The molecule has 1 unspecified atom stereocenters. The number of aromatic nitrogens is 3. The number of nitrogens with one attached hydrogen (secondary N) is 1. The molecule has 2 fully saturated rings. The number of hydrogen-bond donors (Lipinski definition) is 1. The number of carbonyl (C=O) groups excluding carboxylic acids is 1. The van der Waals surface area contributed by atoms with Gasteiger partial charge in [-0.3, -0.25) is 0 Å². The largest absolute Gasteiger partial charge is 0.324 e. The van der Waals surface area contributed by atoms with Crippen molar-refractivity contribution >= 4 is 23.3 Å². The first-order chi connectivity index (χ1) is 12.5. The number of piperidine rings is 1. The first kappa shape index (κ1) is 17.3. The number of halogens is 1. The molecule has 1 aliphatic carbocycles. The van der Waals surface area contributed by atoms with E-state index in [-0.39, 0.29) is 6.03 Å². The third kappa shape index (κ3) is 3.17. The average molecular weight is 375 g/mol. The molecule has 26 heavy (non-hydrogen) atoms. The summed E-state index contributed by atoms with van der Waals surface area (Å²) in [6, 6.07) is 5.95. The molecule has 1 aromatic carbocycles. The van der Waals surface area contributed by atoms with Crippen LogP contribution in [0.15, 0.2) is 30.9 Å². The van der Waals surface area contributed by atoms with Gasteiger partial charge in [0.05, 0.1) is 10.7 Å². The number of rotatable bonds is 3. The molecular weight excluding hydrogens is 352 g/mol. The summed E-state index contributed by atoms with van der Waals surface area (Å²) >= 11 is 6.34. The van der Waals surface area contributed by atoms with E-state index in [0.29, 0.717) is 28.6 Å². The van der Waals surface area contributed by atoms with Gasteiger partial charge in [0.25, 0.3) is 0 Å². The van der Waals surface area contributed by atoms with Gasteiger partial charge in [0.1, 0.15) is 12.7 Å². The van der Waals surface area contributed by atoms with E-state index in [1.165, 1.54) is 19.2 Å². The van der Waals surface area contributed by atoms with Crippen LogP contribution in [0.1, 0.15) is 12.8 Å². The molecular formula is C18H23ClN6O. The molecule has 1 aliphatic heterocycles. The first-order valence-corrected chi connectivity index (χ1v) is 9.27. The fourth-order valence-corrected chi connectivity index (χ4v) is 4.78. The summed E-state index contributed by atoms with van der Waals surface area (Å²) < 4.78 is 1.59. The summed E-state index contributed by atoms with van der Waals surface area (Å²) in [7, 11) is 4.29. The fraction of sp³-hybridized carbons (Fsp3) is 0.500. The highest BCUT2D eigenvalue weighted by Crippen LogP contribution is 2.39. The molecule has 2 bridgehead atoms. The van der Waals surface area contributed by atoms with E-state index >= 15 is 0 Å². The van der Waals surface area contributed by atoms with Gasteiger partial charge in [0.2, 0.25) is 0 Å². The summed E-state index contributed by atoms with van der Waals surface area (Å²) in [5.41, 5.74) is 1.41. The van der Waals surface area contributed by atoms with E-state index in [2.05, 4.69) is 34.4 Å². The molecule has 0 spiro atoms. The maximum absolute atomic E-state index is 12.7. The van der Waals surface area contributed by atoms with Crippen LogP contribution in [-0.2, 0) is 0 Å². The lowest BCUT2D eigenvalue weighted by molar-refractivity contribution is 0.0953. The second kappa shape index (κ2) is 6.89. The first-order valence-electron chi connectivity index (χ1n) is 8.90. The van der Waals surface area contributed by atoms with Crippen LogP contribution < -0.4 is 5.32 Å². The van der Waals surface area contributed by atoms with Gasteiger partial charge in [-0.15, -0.1) is 0 Å². The van der Waals surface area contributed by atoms with Crippen molar-refractivity contribution in [3.8, 4) is 5.69 Å². The van der Waals surface area contributed by atoms with E-state index in [1.807, 2.05) is 17.0 Å². The minimum atomic E-state index is -0.0521. The molecule has 2 heterocycles. The number of benzene rings is 1. The number of amides is 2. The summed E-state index contributed by atoms with van der Waals surface area (Å²) in [6.07, 6.45) is 5.45. The zero-order valence-electron chi connectivity index (χ0n) is 15.0. The van der Waals surface area contributed by atoms with Crippen LogP contribution in [0, 0.1) is 11.8 Å². The normalized spacial score (nSPS) is 24.9. The van der Waals surface area contributed by atoms with Gasteiger partial charge in [-0.25, -0.2) is 14.5 Å². The van der Waals surface area contributed by atoms with Crippen molar-refractivity contribution in [1.82, 2.24) is 24.6 Å². The van der Waals surface area contributed by atoms with Gasteiger partial charge in [-0.1, -0.05) is 11.6 Å². The molecule has 1 saturated carbocycles. The predicted octanol–water partition coefficient (Wildman–Crippen LogP) is 2.72. The van der Waals surface area contributed by atoms with Crippen LogP contribution in [0.25, 0.3) is 5.69 Å². The molecule has 4 rings (SSSR count). The Hall–Kier alpha value is -2.12. The lowest BCUT2D eigenvalue weighted by Gasteiger charge is -2.41. The summed E-state index contributed by atoms with van der Waals surface area (Å²) in [4.78, 5) is 20.9. The van der Waals surface area contributed by atoms with E-state index in [9.17, 15) is 4.79 Å². The average Bonchev–Trinajstić information content (AvgIpc) is 3.21. The Morgan fingerprint density at radius 3 is 2.58 bits per heavy atom. The Bertz CT molecular complexity index is 779. The summed E-state index contributed by atoms with van der Waals surface area (Å²) in [5, 5.41) is 7.57. The highest BCUT2D eigenvalue weighted by molar-refractivity contribution is 6.32.